The number of Topliss-reactive ketones (excluding diaryl/α,β-unsaturated/α-hetero) is 1. The molecule has 0 radical (unpaired) electrons. The molecule has 12 heteroatoms. The van der Waals surface area contributed by atoms with Crippen LogP contribution >= 0.6 is 46.2 Å². The summed E-state index contributed by atoms with van der Waals surface area (Å²) in [5, 5.41) is 13.0. The molecule has 2 aromatic heterocycles. The zero-order chi connectivity index (χ0) is 20.9. The summed E-state index contributed by atoms with van der Waals surface area (Å²) in [6.07, 6.45) is 0.142. The zero-order valence-electron chi connectivity index (χ0n) is 15.7. The van der Waals surface area contributed by atoms with Crippen LogP contribution < -0.4 is 14.8 Å². The van der Waals surface area contributed by atoms with E-state index < -0.39 is 0 Å². The number of ether oxygens (including phenoxy) is 2. The molecule has 1 aliphatic rings. The molecule has 1 aliphatic heterocycles. The van der Waals surface area contributed by atoms with Crippen LogP contribution in [0.2, 0.25) is 0 Å². The summed E-state index contributed by atoms with van der Waals surface area (Å²) in [5.41, 5.74) is 1.23. The number of thiazole rings is 1. The van der Waals surface area contributed by atoms with Gasteiger partial charge >= 0.3 is 0 Å². The molecule has 3 aromatic rings. The first kappa shape index (κ1) is 21.1. The van der Waals surface area contributed by atoms with Crippen molar-refractivity contribution in [3.05, 3.63) is 34.8 Å². The van der Waals surface area contributed by atoms with E-state index in [2.05, 4.69) is 20.5 Å². The third-order valence-corrected chi connectivity index (χ3v) is 7.74. The minimum atomic E-state index is -0.197. The third-order valence-electron chi connectivity index (χ3n) is 3.81. The molecule has 156 valence electrons. The fourth-order valence-corrected chi connectivity index (χ4v) is 5.89. The van der Waals surface area contributed by atoms with E-state index >= 15 is 0 Å². The standard InChI is InChI=1S/C18H16N4O4S4/c1-2-27-18-22-21-16(30-18)20-15(24)6-11-7-28-17(19-11)29-8-12(23)10-3-4-13-14(5-10)26-9-25-13/h3-5,7H,2,6,8-9H2,1H3,(H,20,21,24). The molecule has 3 heterocycles. The molecular weight excluding hydrogens is 464 g/mol. The minimum Gasteiger partial charge on any atom is -0.454 e. The quantitative estimate of drug-likeness (QED) is 0.276. The topological polar surface area (TPSA) is 103 Å². The highest BCUT2D eigenvalue weighted by molar-refractivity contribution is 8.01. The second kappa shape index (κ2) is 9.77. The second-order valence-electron chi connectivity index (χ2n) is 5.92. The molecule has 4 rings (SSSR count). The van der Waals surface area contributed by atoms with Gasteiger partial charge < -0.3 is 14.8 Å². The number of aromatic nitrogens is 3. The van der Waals surface area contributed by atoms with Crippen LogP contribution in [0.4, 0.5) is 5.13 Å². The van der Waals surface area contributed by atoms with Crippen LogP contribution in [0, 0.1) is 0 Å². The van der Waals surface area contributed by atoms with Crippen molar-refractivity contribution in [3.63, 3.8) is 0 Å². The summed E-state index contributed by atoms with van der Waals surface area (Å²) < 4.78 is 12.1. The van der Waals surface area contributed by atoms with Crippen LogP contribution in [0.3, 0.4) is 0 Å². The lowest BCUT2D eigenvalue weighted by molar-refractivity contribution is -0.115. The number of anilines is 1. The van der Waals surface area contributed by atoms with Crippen LogP contribution in [0.1, 0.15) is 23.0 Å². The maximum Gasteiger partial charge on any atom is 0.232 e. The smallest absolute Gasteiger partial charge is 0.232 e. The molecule has 0 bridgehead atoms. The summed E-state index contributed by atoms with van der Waals surface area (Å²) in [5.74, 6) is 2.17. The molecule has 0 saturated heterocycles. The van der Waals surface area contributed by atoms with Gasteiger partial charge in [0.25, 0.3) is 0 Å². The van der Waals surface area contributed by atoms with E-state index in [1.54, 1.807) is 30.0 Å². The van der Waals surface area contributed by atoms with E-state index in [1.807, 2.05) is 12.3 Å². The molecule has 0 aliphatic carbocycles. The van der Waals surface area contributed by atoms with E-state index in [0.717, 1.165) is 14.4 Å². The van der Waals surface area contributed by atoms with Gasteiger partial charge in [0, 0.05) is 10.9 Å². The number of carbonyl (C=O) groups excluding carboxylic acids is 2. The normalized spacial score (nSPS) is 12.2. The number of fused-ring (bicyclic) bond motifs is 1. The van der Waals surface area contributed by atoms with Gasteiger partial charge in [0.1, 0.15) is 0 Å². The molecule has 1 aromatic carbocycles. The lowest BCUT2D eigenvalue weighted by Crippen LogP contribution is -2.14. The number of ketones is 1. The largest absolute Gasteiger partial charge is 0.454 e. The van der Waals surface area contributed by atoms with Crippen molar-refractivity contribution in [2.75, 3.05) is 23.6 Å². The first-order valence-corrected chi connectivity index (χ1v) is 12.5. The van der Waals surface area contributed by atoms with Gasteiger partial charge in [-0.05, 0) is 24.0 Å². The van der Waals surface area contributed by atoms with E-state index in [9.17, 15) is 9.59 Å². The maximum absolute atomic E-state index is 12.4. The number of thioether (sulfide) groups is 2. The van der Waals surface area contributed by atoms with Gasteiger partial charge in [-0.3, -0.25) is 9.59 Å². The highest BCUT2D eigenvalue weighted by Crippen LogP contribution is 2.33. The molecule has 1 N–H and O–H groups in total. The van der Waals surface area contributed by atoms with Gasteiger partial charge in [-0.2, -0.15) is 0 Å². The SMILES string of the molecule is CCSc1nnc(NC(=O)Cc2csc(SCC(=O)c3ccc4c(c3)OCO4)n2)s1. The number of rotatable bonds is 9. The van der Waals surface area contributed by atoms with Gasteiger partial charge in [-0.15, -0.1) is 21.5 Å². The van der Waals surface area contributed by atoms with Gasteiger partial charge in [0.2, 0.25) is 17.8 Å². The van der Waals surface area contributed by atoms with E-state index in [4.69, 9.17) is 9.47 Å². The van der Waals surface area contributed by atoms with Crippen molar-refractivity contribution in [1.29, 1.82) is 0 Å². The fourth-order valence-electron chi connectivity index (χ4n) is 2.49. The number of hydrogen-bond acceptors (Lipinski definition) is 11. The lowest BCUT2D eigenvalue weighted by atomic mass is 10.1. The number of amides is 1. The van der Waals surface area contributed by atoms with E-state index in [1.165, 1.54) is 34.4 Å². The molecule has 0 saturated carbocycles. The highest BCUT2D eigenvalue weighted by Gasteiger charge is 2.17. The monoisotopic (exact) mass is 480 g/mol. The van der Waals surface area contributed by atoms with Crippen LogP contribution in [0.15, 0.2) is 32.3 Å². The van der Waals surface area contributed by atoms with Crippen LogP contribution in [-0.4, -0.2) is 45.2 Å². The Balaban J connectivity index is 1.27. The number of hydrogen-bond donors (Lipinski definition) is 1. The summed E-state index contributed by atoms with van der Waals surface area (Å²) in [6, 6.07) is 5.16. The van der Waals surface area contributed by atoms with Crippen molar-refractivity contribution in [3.8, 4) is 11.5 Å². The maximum atomic E-state index is 12.4. The Hall–Kier alpha value is -2.15. The Morgan fingerprint density at radius 1 is 1.17 bits per heavy atom. The van der Waals surface area contributed by atoms with Crippen molar-refractivity contribution in [1.82, 2.24) is 15.2 Å². The molecular formula is C18H16N4O4S4. The van der Waals surface area contributed by atoms with E-state index in [0.29, 0.717) is 27.9 Å². The predicted octanol–water partition coefficient (Wildman–Crippen LogP) is 3.99. The number of benzene rings is 1. The molecule has 0 spiro atoms. The summed E-state index contributed by atoms with van der Waals surface area (Å²) >= 11 is 5.69. The highest BCUT2D eigenvalue weighted by atomic mass is 32.2. The van der Waals surface area contributed by atoms with Crippen LogP contribution in [0.25, 0.3) is 0 Å². The summed E-state index contributed by atoms with van der Waals surface area (Å²) in [4.78, 5) is 29.1. The van der Waals surface area contributed by atoms with Crippen molar-refractivity contribution in [2.45, 2.75) is 22.0 Å². The Bertz CT molecular complexity index is 1070. The first-order valence-electron chi connectivity index (χ1n) is 8.87. The summed E-state index contributed by atoms with van der Waals surface area (Å²) in [6.45, 7) is 2.21. The number of nitrogens with one attached hydrogen (secondary N) is 1. The minimum absolute atomic E-state index is 0.0233. The third kappa shape index (κ3) is 5.31. The van der Waals surface area contributed by atoms with Crippen molar-refractivity contribution < 1.29 is 19.1 Å². The Labute approximate surface area is 188 Å². The number of carbonyl (C=O) groups is 2. The van der Waals surface area contributed by atoms with Crippen molar-refractivity contribution >= 4 is 63.0 Å². The second-order valence-corrected chi connectivity index (χ2v) is 10.5. The Morgan fingerprint density at radius 2 is 2.03 bits per heavy atom. The zero-order valence-corrected chi connectivity index (χ0v) is 19.0. The molecule has 0 unspecified atom stereocenters. The van der Waals surface area contributed by atoms with Crippen LogP contribution in [0.5, 0.6) is 11.5 Å². The van der Waals surface area contributed by atoms with E-state index in [-0.39, 0.29) is 30.7 Å². The molecule has 8 nitrogen and oxygen atoms in total. The van der Waals surface area contributed by atoms with Gasteiger partial charge in [-0.25, -0.2) is 4.98 Å². The molecule has 0 fully saturated rings. The number of nitrogens with zero attached hydrogens (tertiary/aromatic N) is 3. The average Bonchev–Trinajstić information content (AvgIpc) is 3.47. The molecule has 1 amide bonds. The van der Waals surface area contributed by atoms with Crippen molar-refractivity contribution in [2.24, 2.45) is 0 Å². The lowest BCUT2D eigenvalue weighted by Gasteiger charge is -2.01. The van der Waals surface area contributed by atoms with Gasteiger partial charge in [0.15, 0.2) is 26.0 Å². The van der Waals surface area contributed by atoms with Gasteiger partial charge in [0.05, 0.1) is 17.9 Å². The predicted molar refractivity (Wildman–Crippen MR) is 118 cm³/mol. The fraction of sp³-hybridized carbons (Fsp3) is 0.278. The molecule has 30 heavy (non-hydrogen) atoms. The van der Waals surface area contributed by atoms with Gasteiger partial charge in [-0.1, -0.05) is 41.8 Å². The first-order chi connectivity index (χ1) is 14.6. The summed E-state index contributed by atoms with van der Waals surface area (Å²) in [7, 11) is 0. The Morgan fingerprint density at radius 3 is 2.90 bits per heavy atom. The average molecular weight is 481 g/mol. The Kier molecular flexibility index (Phi) is 6.87. The molecule has 0 atom stereocenters. The van der Waals surface area contributed by atoms with Crippen LogP contribution in [-0.2, 0) is 11.2 Å².